The molecule has 1 aromatic rings. The van der Waals surface area contributed by atoms with Gasteiger partial charge in [0.25, 0.3) is 0 Å². The second kappa shape index (κ2) is 6.29. The van der Waals surface area contributed by atoms with Crippen molar-refractivity contribution in [2.75, 3.05) is 7.05 Å². The summed E-state index contributed by atoms with van der Waals surface area (Å²) in [6, 6.07) is 0.803. The molecule has 0 saturated heterocycles. The molecule has 5 nitrogen and oxygen atoms in total. The molecular formula is C13H25N5. The lowest BCUT2D eigenvalue weighted by Gasteiger charge is -2.35. The fraction of sp³-hybridized carbons (Fsp3) is 0.846. The molecule has 102 valence electrons. The molecule has 1 aromatic heterocycles. The third-order valence-corrected chi connectivity index (χ3v) is 3.87. The summed E-state index contributed by atoms with van der Waals surface area (Å²) in [6.07, 6.45) is 7.67. The molecule has 1 aliphatic carbocycles. The van der Waals surface area contributed by atoms with E-state index in [-0.39, 0.29) is 0 Å². The standard InChI is InChI=1S/C13H25N5/c1-3-8-18-13(15-10-16-18)9-17(2)12-7-5-4-6-11(12)14/h10-12H,3-9,14H2,1-2H3. The number of nitrogens with two attached hydrogens (primary N) is 1. The average molecular weight is 251 g/mol. The second-order valence-corrected chi connectivity index (χ2v) is 5.33. The number of likely N-dealkylation sites (N-methyl/N-ethyl adjacent to an activating group) is 1. The third-order valence-electron chi connectivity index (χ3n) is 3.87. The molecule has 2 unspecified atom stereocenters. The SMILES string of the molecule is CCCn1ncnc1CN(C)C1CCCCC1N. The van der Waals surface area contributed by atoms with Crippen molar-refractivity contribution in [3.8, 4) is 0 Å². The summed E-state index contributed by atoms with van der Waals surface area (Å²) in [4.78, 5) is 6.71. The Balaban J connectivity index is 1.97. The minimum Gasteiger partial charge on any atom is -0.326 e. The molecule has 0 spiro atoms. The highest BCUT2D eigenvalue weighted by Crippen LogP contribution is 2.21. The summed E-state index contributed by atoms with van der Waals surface area (Å²) in [5, 5.41) is 4.27. The van der Waals surface area contributed by atoms with E-state index in [1.807, 2.05) is 4.68 Å². The van der Waals surface area contributed by atoms with Gasteiger partial charge in [-0.15, -0.1) is 0 Å². The number of hydrogen-bond donors (Lipinski definition) is 1. The normalized spacial score (nSPS) is 24.7. The molecule has 0 aromatic carbocycles. The first-order valence-electron chi connectivity index (χ1n) is 7.05. The summed E-state index contributed by atoms with van der Waals surface area (Å²) in [5.41, 5.74) is 6.22. The van der Waals surface area contributed by atoms with Crippen molar-refractivity contribution in [1.82, 2.24) is 19.7 Å². The highest BCUT2D eigenvalue weighted by Gasteiger charge is 2.26. The first-order chi connectivity index (χ1) is 8.72. The van der Waals surface area contributed by atoms with E-state index in [0.29, 0.717) is 12.1 Å². The van der Waals surface area contributed by atoms with Crippen LogP contribution in [0.15, 0.2) is 6.33 Å². The van der Waals surface area contributed by atoms with E-state index < -0.39 is 0 Å². The van der Waals surface area contributed by atoms with Crippen molar-refractivity contribution in [3.05, 3.63) is 12.2 Å². The lowest BCUT2D eigenvalue weighted by atomic mass is 9.90. The highest BCUT2D eigenvalue weighted by atomic mass is 15.3. The molecule has 0 aliphatic heterocycles. The Morgan fingerprint density at radius 1 is 1.44 bits per heavy atom. The van der Waals surface area contributed by atoms with Gasteiger partial charge >= 0.3 is 0 Å². The second-order valence-electron chi connectivity index (χ2n) is 5.33. The molecular weight excluding hydrogens is 226 g/mol. The Bertz CT molecular complexity index is 362. The quantitative estimate of drug-likeness (QED) is 0.859. The molecule has 0 radical (unpaired) electrons. The van der Waals surface area contributed by atoms with Crippen LogP contribution in [0.5, 0.6) is 0 Å². The minimum atomic E-state index is 0.311. The van der Waals surface area contributed by atoms with Crippen LogP contribution in [0.2, 0.25) is 0 Å². The van der Waals surface area contributed by atoms with Gasteiger partial charge in [0.05, 0.1) is 6.54 Å². The Labute approximate surface area is 109 Å². The van der Waals surface area contributed by atoms with Gasteiger partial charge in [-0.25, -0.2) is 9.67 Å². The maximum Gasteiger partial charge on any atom is 0.141 e. The third kappa shape index (κ3) is 3.09. The van der Waals surface area contributed by atoms with Crippen LogP contribution in [0.25, 0.3) is 0 Å². The Morgan fingerprint density at radius 3 is 2.94 bits per heavy atom. The Hall–Kier alpha value is -0.940. The maximum atomic E-state index is 6.22. The van der Waals surface area contributed by atoms with Gasteiger partial charge in [-0.1, -0.05) is 19.8 Å². The molecule has 2 rings (SSSR count). The lowest BCUT2D eigenvalue weighted by molar-refractivity contribution is 0.157. The highest BCUT2D eigenvalue weighted by molar-refractivity contribution is 4.90. The van der Waals surface area contributed by atoms with Crippen molar-refractivity contribution >= 4 is 0 Å². The van der Waals surface area contributed by atoms with Crippen molar-refractivity contribution in [2.45, 2.75) is 64.2 Å². The van der Waals surface area contributed by atoms with Gasteiger partial charge in [-0.3, -0.25) is 4.90 Å². The smallest absolute Gasteiger partial charge is 0.141 e. The monoisotopic (exact) mass is 251 g/mol. The summed E-state index contributed by atoms with van der Waals surface area (Å²) >= 11 is 0. The zero-order valence-corrected chi connectivity index (χ0v) is 11.5. The topological polar surface area (TPSA) is 60.0 Å². The maximum absolute atomic E-state index is 6.22. The van der Waals surface area contributed by atoms with E-state index in [9.17, 15) is 0 Å². The van der Waals surface area contributed by atoms with Crippen LogP contribution in [-0.2, 0) is 13.1 Å². The number of hydrogen-bond acceptors (Lipinski definition) is 4. The predicted molar refractivity (Wildman–Crippen MR) is 72.0 cm³/mol. The van der Waals surface area contributed by atoms with E-state index in [4.69, 9.17) is 5.73 Å². The molecule has 1 fully saturated rings. The number of aryl methyl sites for hydroxylation is 1. The van der Waals surface area contributed by atoms with Crippen LogP contribution in [0.1, 0.15) is 44.9 Å². The fourth-order valence-electron chi connectivity index (χ4n) is 2.84. The zero-order chi connectivity index (χ0) is 13.0. The summed E-state index contributed by atoms with van der Waals surface area (Å²) in [6.45, 7) is 3.95. The molecule has 2 atom stereocenters. The van der Waals surface area contributed by atoms with Crippen molar-refractivity contribution in [2.24, 2.45) is 5.73 Å². The summed E-state index contributed by atoms with van der Waals surface area (Å²) in [7, 11) is 2.15. The van der Waals surface area contributed by atoms with Crippen molar-refractivity contribution in [1.29, 1.82) is 0 Å². The summed E-state index contributed by atoms with van der Waals surface area (Å²) in [5.74, 6) is 1.05. The van der Waals surface area contributed by atoms with Gasteiger partial charge in [0.2, 0.25) is 0 Å². The van der Waals surface area contributed by atoms with Gasteiger partial charge in [0.15, 0.2) is 0 Å². The first kappa shape index (κ1) is 13.5. The van der Waals surface area contributed by atoms with E-state index in [0.717, 1.165) is 31.8 Å². The molecule has 1 aliphatic rings. The molecule has 2 N–H and O–H groups in total. The van der Waals surface area contributed by atoms with Crippen LogP contribution in [0.3, 0.4) is 0 Å². The van der Waals surface area contributed by atoms with Crippen molar-refractivity contribution in [3.63, 3.8) is 0 Å². The van der Waals surface area contributed by atoms with Crippen LogP contribution in [-0.4, -0.2) is 38.8 Å². The largest absolute Gasteiger partial charge is 0.326 e. The van der Waals surface area contributed by atoms with Gasteiger partial charge in [0, 0.05) is 18.6 Å². The van der Waals surface area contributed by atoms with Crippen LogP contribution < -0.4 is 5.73 Å². The predicted octanol–water partition coefficient (Wildman–Crippen LogP) is 1.39. The van der Waals surface area contributed by atoms with Gasteiger partial charge in [-0.05, 0) is 26.3 Å². The molecule has 1 saturated carbocycles. The van der Waals surface area contributed by atoms with E-state index in [1.165, 1.54) is 19.3 Å². The fourth-order valence-corrected chi connectivity index (χ4v) is 2.84. The van der Waals surface area contributed by atoms with Crippen LogP contribution in [0.4, 0.5) is 0 Å². The number of aromatic nitrogens is 3. The van der Waals surface area contributed by atoms with E-state index in [2.05, 4.69) is 29.0 Å². The van der Waals surface area contributed by atoms with Crippen molar-refractivity contribution < 1.29 is 0 Å². The Kier molecular flexibility index (Phi) is 4.72. The number of rotatable bonds is 5. The van der Waals surface area contributed by atoms with Gasteiger partial charge in [0.1, 0.15) is 12.2 Å². The molecule has 0 bridgehead atoms. The van der Waals surface area contributed by atoms with Crippen LogP contribution in [0, 0.1) is 0 Å². The lowest BCUT2D eigenvalue weighted by Crippen LogP contribution is -2.47. The summed E-state index contributed by atoms with van der Waals surface area (Å²) < 4.78 is 2.00. The van der Waals surface area contributed by atoms with Crippen LogP contribution >= 0.6 is 0 Å². The van der Waals surface area contributed by atoms with Gasteiger partial charge in [-0.2, -0.15) is 5.10 Å². The molecule has 5 heteroatoms. The zero-order valence-electron chi connectivity index (χ0n) is 11.5. The molecule has 1 heterocycles. The first-order valence-corrected chi connectivity index (χ1v) is 7.05. The molecule has 0 amide bonds. The number of nitrogens with zero attached hydrogens (tertiary/aromatic N) is 4. The van der Waals surface area contributed by atoms with E-state index in [1.54, 1.807) is 6.33 Å². The Morgan fingerprint density at radius 2 is 2.22 bits per heavy atom. The van der Waals surface area contributed by atoms with E-state index >= 15 is 0 Å². The van der Waals surface area contributed by atoms with Gasteiger partial charge < -0.3 is 5.73 Å². The average Bonchev–Trinajstić information content (AvgIpc) is 2.78. The molecule has 18 heavy (non-hydrogen) atoms. The minimum absolute atomic E-state index is 0.311.